The van der Waals surface area contributed by atoms with Gasteiger partial charge in [0.15, 0.2) is 0 Å². The number of halogens is 3. The lowest BCUT2D eigenvalue weighted by Crippen LogP contribution is -2.18. The van der Waals surface area contributed by atoms with Crippen LogP contribution in [0.4, 0.5) is 13.2 Å². The molecule has 1 aromatic carbocycles. The van der Waals surface area contributed by atoms with Crippen LogP contribution in [0.25, 0.3) is 11.1 Å². The van der Waals surface area contributed by atoms with E-state index in [-0.39, 0.29) is 22.4 Å². The maximum atomic E-state index is 12.3. The second kappa shape index (κ2) is 5.16. The number of aromatic hydroxyl groups is 1. The van der Waals surface area contributed by atoms with Gasteiger partial charge in [-0.1, -0.05) is 0 Å². The summed E-state index contributed by atoms with van der Waals surface area (Å²) < 4.78 is 42.3. The average Bonchev–Trinajstić information content (AvgIpc) is 2.36. The molecule has 0 atom stereocenters. The Morgan fingerprint density at radius 2 is 1.86 bits per heavy atom. The molecule has 1 aromatic heterocycles. The molecule has 112 valence electrons. The number of pyridine rings is 1. The number of hydrogen-bond donors (Lipinski definition) is 1. The monoisotopic (exact) mass is 299 g/mol. The van der Waals surface area contributed by atoms with E-state index < -0.39 is 12.1 Å². The molecule has 0 aliphatic rings. The van der Waals surface area contributed by atoms with Gasteiger partial charge in [-0.2, -0.15) is 0 Å². The highest BCUT2D eigenvalue weighted by molar-refractivity contribution is 5.68. The van der Waals surface area contributed by atoms with Crippen molar-refractivity contribution in [3.63, 3.8) is 0 Å². The molecule has 0 spiro atoms. The lowest BCUT2D eigenvalue weighted by Gasteiger charge is -2.14. The van der Waals surface area contributed by atoms with Gasteiger partial charge in [-0.05, 0) is 36.2 Å². The fourth-order valence-corrected chi connectivity index (χ4v) is 1.80. The van der Waals surface area contributed by atoms with Gasteiger partial charge in [0.2, 0.25) is 0 Å². The second-order valence-corrected chi connectivity index (χ2v) is 4.53. The molecule has 21 heavy (non-hydrogen) atoms. The number of aromatic nitrogens is 1. The summed E-state index contributed by atoms with van der Waals surface area (Å²) in [6, 6.07) is 5.25. The Hall–Kier alpha value is -2.44. The molecule has 7 heteroatoms. The van der Waals surface area contributed by atoms with Crippen LogP contribution in [0.3, 0.4) is 0 Å². The molecule has 0 unspecified atom stereocenters. The van der Waals surface area contributed by atoms with Gasteiger partial charge in [0.05, 0.1) is 0 Å². The van der Waals surface area contributed by atoms with Gasteiger partial charge in [-0.15, -0.1) is 13.2 Å². The maximum absolute atomic E-state index is 12.3. The highest BCUT2D eigenvalue weighted by atomic mass is 19.4. The molecule has 2 rings (SSSR count). The first-order valence-corrected chi connectivity index (χ1v) is 5.94. The van der Waals surface area contributed by atoms with Gasteiger partial charge in [0.1, 0.15) is 11.5 Å². The van der Waals surface area contributed by atoms with Crippen LogP contribution in [-0.2, 0) is 7.05 Å². The van der Waals surface area contributed by atoms with Gasteiger partial charge >= 0.3 is 6.36 Å². The number of rotatable bonds is 2. The summed E-state index contributed by atoms with van der Waals surface area (Å²) in [5.41, 5.74) is 0.307. The Bertz CT molecular complexity index is 735. The maximum Gasteiger partial charge on any atom is 0.573 e. The summed E-state index contributed by atoms with van der Waals surface area (Å²) in [7, 11) is 1.55. The largest absolute Gasteiger partial charge is 0.573 e. The standard InChI is InChI=1S/C14H12F3NO3/c1-8-11(19)5-10(6-12(8)21-14(15,16)17)9-3-4-18(2)13(20)7-9/h3-7,19H,1-2H3. The number of phenols is 1. The van der Waals surface area contributed by atoms with Gasteiger partial charge in [-0.3, -0.25) is 4.79 Å². The summed E-state index contributed by atoms with van der Waals surface area (Å²) in [6.45, 7) is 1.31. The first kappa shape index (κ1) is 15.0. The fourth-order valence-electron chi connectivity index (χ4n) is 1.80. The van der Waals surface area contributed by atoms with E-state index in [4.69, 9.17) is 0 Å². The van der Waals surface area contributed by atoms with E-state index in [0.717, 1.165) is 6.07 Å². The second-order valence-electron chi connectivity index (χ2n) is 4.53. The molecule has 0 amide bonds. The highest BCUT2D eigenvalue weighted by Gasteiger charge is 2.32. The van der Waals surface area contributed by atoms with Gasteiger partial charge < -0.3 is 14.4 Å². The quantitative estimate of drug-likeness (QED) is 0.927. The number of phenolic OH excluding ortho intramolecular Hbond substituents is 1. The number of aryl methyl sites for hydroxylation is 1. The summed E-state index contributed by atoms with van der Waals surface area (Å²) in [5, 5.41) is 9.73. The first-order chi connectivity index (χ1) is 9.67. The smallest absolute Gasteiger partial charge is 0.508 e. The summed E-state index contributed by atoms with van der Waals surface area (Å²) in [5.74, 6) is -0.842. The molecular formula is C14H12F3NO3. The molecule has 0 aliphatic heterocycles. The molecule has 1 heterocycles. The number of alkyl halides is 3. The van der Waals surface area contributed by atoms with Crippen molar-refractivity contribution in [3.05, 3.63) is 46.4 Å². The zero-order chi connectivity index (χ0) is 15.8. The molecule has 0 aliphatic carbocycles. The summed E-state index contributed by atoms with van der Waals surface area (Å²) >= 11 is 0. The third kappa shape index (κ3) is 3.36. The minimum absolute atomic E-state index is 0.0279. The van der Waals surface area contributed by atoms with Crippen molar-refractivity contribution in [2.24, 2.45) is 7.05 Å². The number of benzene rings is 1. The van der Waals surface area contributed by atoms with Crippen LogP contribution in [0.5, 0.6) is 11.5 Å². The Kier molecular flexibility index (Phi) is 3.67. The number of hydrogen-bond acceptors (Lipinski definition) is 3. The van der Waals surface area contributed by atoms with E-state index in [1.807, 2.05) is 0 Å². The Labute approximate surface area is 118 Å². The van der Waals surface area contributed by atoms with E-state index in [1.54, 1.807) is 13.1 Å². The van der Waals surface area contributed by atoms with Crippen LogP contribution < -0.4 is 10.3 Å². The Balaban J connectivity index is 2.54. The van der Waals surface area contributed by atoms with Gasteiger partial charge in [0.25, 0.3) is 5.56 Å². The third-order valence-electron chi connectivity index (χ3n) is 3.00. The van der Waals surface area contributed by atoms with Crippen LogP contribution in [-0.4, -0.2) is 16.0 Å². The van der Waals surface area contributed by atoms with Crippen LogP contribution in [0.1, 0.15) is 5.56 Å². The number of ether oxygens (including phenoxy) is 1. The molecule has 0 saturated heterocycles. The average molecular weight is 299 g/mol. The van der Waals surface area contributed by atoms with Crippen LogP contribution in [0.2, 0.25) is 0 Å². The van der Waals surface area contributed by atoms with Crippen molar-refractivity contribution in [3.8, 4) is 22.6 Å². The van der Waals surface area contributed by atoms with Crippen LogP contribution >= 0.6 is 0 Å². The molecule has 4 nitrogen and oxygen atoms in total. The topological polar surface area (TPSA) is 51.5 Å². The van der Waals surface area contributed by atoms with Gasteiger partial charge in [-0.25, -0.2) is 0 Å². The number of nitrogens with zero attached hydrogens (tertiary/aromatic N) is 1. The van der Waals surface area contributed by atoms with E-state index in [0.29, 0.717) is 5.56 Å². The molecule has 0 bridgehead atoms. The van der Waals surface area contributed by atoms with Crippen molar-refractivity contribution >= 4 is 0 Å². The van der Waals surface area contributed by atoms with E-state index in [2.05, 4.69) is 4.74 Å². The molecule has 2 aromatic rings. The molecule has 0 fully saturated rings. The Morgan fingerprint density at radius 3 is 2.43 bits per heavy atom. The highest BCUT2D eigenvalue weighted by Crippen LogP contribution is 2.36. The predicted octanol–water partition coefficient (Wildman–Crippen LogP) is 2.96. The van der Waals surface area contributed by atoms with Crippen molar-refractivity contribution in [1.29, 1.82) is 0 Å². The molecular weight excluding hydrogens is 287 g/mol. The van der Waals surface area contributed by atoms with E-state index >= 15 is 0 Å². The van der Waals surface area contributed by atoms with Crippen molar-refractivity contribution < 1.29 is 23.0 Å². The normalized spacial score (nSPS) is 11.5. The zero-order valence-corrected chi connectivity index (χ0v) is 11.2. The van der Waals surface area contributed by atoms with Gasteiger partial charge in [0, 0.05) is 24.9 Å². The van der Waals surface area contributed by atoms with E-state index in [9.17, 15) is 23.1 Å². The Morgan fingerprint density at radius 1 is 1.19 bits per heavy atom. The lowest BCUT2D eigenvalue weighted by atomic mass is 10.0. The molecule has 0 saturated carbocycles. The summed E-state index contributed by atoms with van der Waals surface area (Å²) in [4.78, 5) is 11.6. The van der Waals surface area contributed by atoms with Crippen molar-refractivity contribution in [1.82, 2.24) is 4.57 Å². The zero-order valence-electron chi connectivity index (χ0n) is 11.2. The fraction of sp³-hybridized carbons (Fsp3) is 0.214. The van der Waals surface area contributed by atoms with Crippen LogP contribution in [0.15, 0.2) is 35.3 Å². The third-order valence-corrected chi connectivity index (χ3v) is 3.00. The minimum Gasteiger partial charge on any atom is -0.508 e. The SMILES string of the molecule is Cc1c(O)cc(-c2ccn(C)c(=O)c2)cc1OC(F)(F)F. The van der Waals surface area contributed by atoms with E-state index in [1.165, 1.54) is 29.8 Å². The minimum atomic E-state index is -4.86. The summed E-state index contributed by atoms with van der Waals surface area (Å²) in [6.07, 6.45) is -3.37. The predicted molar refractivity (Wildman–Crippen MR) is 70.2 cm³/mol. The van der Waals surface area contributed by atoms with Crippen LogP contribution in [0, 0.1) is 6.92 Å². The first-order valence-electron chi connectivity index (χ1n) is 5.94. The molecule has 1 N–H and O–H groups in total. The molecule has 0 radical (unpaired) electrons. The lowest BCUT2D eigenvalue weighted by molar-refractivity contribution is -0.274. The van der Waals surface area contributed by atoms with Crippen molar-refractivity contribution in [2.45, 2.75) is 13.3 Å². The van der Waals surface area contributed by atoms with Crippen molar-refractivity contribution in [2.75, 3.05) is 0 Å².